The van der Waals surface area contributed by atoms with Gasteiger partial charge in [-0.2, -0.15) is 0 Å². The number of morpholine rings is 1. The molecule has 0 aliphatic carbocycles. The summed E-state index contributed by atoms with van der Waals surface area (Å²) in [4.78, 5) is 24.7. The Morgan fingerprint density at radius 3 is 2.71 bits per heavy atom. The summed E-state index contributed by atoms with van der Waals surface area (Å²) in [7, 11) is 0. The lowest BCUT2D eigenvalue weighted by Gasteiger charge is -2.32. The Morgan fingerprint density at radius 2 is 2.04 bits per heavy atom. The number of carboxylic acid groups (broad SMARTS) is 1. The van der Waals surface area contributed by atoms with Crippen LogP contribution in [0.15, 0.2) is 24.3 Å². The Kier molecular flexibility index (Phi) is 6.43. The van der Waals surface area contributed by atoms with Crippen molar-refractivity contribution in [2.24, 2.45) is 5.92 Å². The topological polar surface area (TPSA) is 85.3 Å². The average molecular weight is 337 g/mol. The van der Waals surface area contributed by atoms with Crippen molar-refractivity contribution in [1.29, 1.82) is 0 Å². The van der Waals surface area contributed by atoms with Gasteiger partial charge in [0.25, 0.3) is 5.91 Å². The molecule has 1 atom stereocenters. The lowest BCUT2D eigenvalue weighted by Crippen LogP contribution is -2.53. The molecule has 7 nitrogen and oxygen atoms in total. The summed E-state index contributed by atoms with van der Waals surface area (Å²) in [5.74, 6) is 0.130. The van der Waals surface area contributed by atoms with Crippen LogP contribution in [0, 0.1) is 5.92 Å². The van der Waals surface area contributed by atoms with Crippen LogP contribution in [0.25, 0.3) is 0 Å². The number of rotatable bonds is 7. The third-order valence-corrected chi connectivity index (χ3v) is 3.49. The van der Waals surface area contributed by atoms with Crippen LogP contribution in [0.2, 0.25) is 0 Å². The van der Waals surface area contributed by atoms with Crippen molar-refractivity contribution in [3.63, 3.8) is 0 Å². The maximum atomic E-state index is 12.2. The van der Waals surface area contributed by atoms with Crippen LogP contribution in [0.1, 0.15) is 13.8 Å². The number of nitrogens with zero attached hydrogens (tertiary/aromatic N) is 1. The van der Waals surface area contributed by atoms with Crippen molar-refractivity contribution < 1.29 is 28.9 Å². The van der Waals surface area contributed by atoms with Gasteiger partial charge >= 0.3 is 5.97 Å². The summed E-state index contributed by atoms with van der Waals surface area (Å²) in [6, 6.07) is 6.08. The fraction of sp³-hybridized carbons (Fsp3) is 0.529. The van der Waals surface area contributed by atoms with Gasteiger partial charge in [0.2, 0.25) is 0 Å². The summed E-state index contributed by atoms with van der Waals surface area (Å²) in [5, 5.41) is 9.15. The number of aliphatic carboxylic acids is 1. The molecule has 1 aliphatic heterocycles. The minimum Gasteiger partial charge on any atom is -0.493 e. The van der Waals surface area contributed by atoms with Gasteiger partial charge in [-0.25, -0.2) is 4.79 Å². The largest absolute Gasteiger partial charge is 0.493 e. The van der Waals surface area contributed by atoms with E-state index < -0.39 is 12.0 Å². The monoisotopic (exact) mass is 337 g/mol. The Labute approximate surface area is 141 Å². The van der Waals surface area contributed by atoms with Crippen molar-refractivity contribution in [3.8, 4) is 11.5 Å². The normalized spacial score (nSPS) is 17.6. The number of amides is 1. The van der Waals surface area contributed by atoms with Crippen molar-refractivity contribution in [2.75, 3.05) is 33.0 Å². The molecule has 1 aliphatic rings. The van der Waals surface area contributed by atoms with Gasteiger partial charge in [0.15, 0.2) is 12.6 Å². The molecule has 1 aromatic carbocycles. The zero-order valence-electron chi connectivity index (χ0n) is 13.9. The maximum absolute atomic E-state index is 12.2. The molecule has 2 rings (SSSR count). The van der Waals surface area contributed by atoms with E-state index in [1.165, 1.54) is 4.90 Å². The van der Waals surface area contributed by atoms with Gasteiger partial charge in [-0.3, -0.25) is 4.79 Å². The number of hydrogen-bond acceptors (Lipinski definition) is 5. The minimum absolute atomic E-state index is 0.000396. The first-order valence-electron chi connectivity index (χ1n) is 7.93. The molecule has 132 valence electrons. The Balaban J connectivity index is 1.91. The van der Waals surface area contributed by atoms with Gasteiger partial charge in [0.05, 0.1) is 19.8 Å². The molecule has 24 heavy (non-hydrogen) atoms. The standard InChI is InChI=1S/C17H23NO6/c1-12(2)9-23-13-4-3-5-14(8-13)24-11-16(19)18-6-7-22-10-15(18)17(20)21/h3-5,8,12,15H,6-7,9-11H2,1-2H3,(H,20,21). The first kappa shape index (κ1) is 18.1. The second kappa shape index (κ2) is 8.54. The fourth-order valence-corrected chi connectivity index (χ4v) is 2.25. The van der Waals surface area contributed by atoms with Crippen molar-refractivity contribution in [2.45, 2.75) is 19.9 Å². The highest BCUT2D eigenvalue weighted by Gasteiger charge is 2.32. The molecular weight excluding hydrogens is 314 g/mol. The van der Waals surface area contributed by atoms with E-state index in [4.69, 9.17) is 19.3 Å². The highest BCUT2D eigenvalue weighted by Crippen LogP contribution is 2.20. The van der Waals surface area contributed by atoms with Gasteiger partial charge in [-0.15, -0.1) is 0 Å². The smallest absolute Gasteiger partial charge is 0.328 e. The molecule has 1 heterocycles. The number of carboxylic acids is 1. The van der Waals surface area contributed by atoms with Gasteiger partial charge in [0.1, 0.15) is 11.5 Å². The molecule has 0 bridgehead atoms. The molecule has 1 saturated heterocycles. The Morgan fingerprint density at radius 1 is 1.33 bits per heavy atom. The number of benzene rings is 1. The summed E-state index contributed by atoms with van der Waals surface area (Å²) in [5.41, 5.74) is 0. The van der Waals surface area contributed by atoms with E-state index in [-0.39, 0.29) is 25.7 Å². The lowest BCUT2D eigenvalue weighted by molar-refractivity contribution is -0.159. The van der Waals surface area contributed by atoms with E-state index in [1.54, 1.807) is 18.2 Å². The Hall–Kier alpha value is -2.28. The number of ether oxygens (including phenoxy) is 3. The molecule has 7 heteroatoms. The molecule has 0 saturated carbocycles. The summed E-state index contributed by atoms with van der Waals surface area (Å²) in [6.07, 6.45) is 0. The first-order chi connectivity index (χ1) is 11.5. The van der Waals surface area contributed by atoms with Crippen LogP contribution in [0.5, 0.6) is 11.5 Å². The molecular formula is C17H23NO6. The molecule has 1 aromatic rings. The Bertz CT molecular complexity index is 574. The first-order valence-corrected chi connectivity index (χ1v) is 7.93. The predicted molar refractivity (Wildman–Crippen MR) is 86.2 cm³/mol. The summed E-state index contributed by atoms with van der Waals surface area (Å²) >= 11 is 0. The number of carbonyl (C=O) groups is 2. The average Bonchev–Trinajstić information content (AvgIpc) is 2.58. The summed E-state index contributed by atoms with van der Waals surface area (Å²) in [6.45, 7) is 5.05. The minimum atomic E-state index is -1.08. The van der Waals surface area contributed by atoms with Crippen LogP contribution in [0.3, 0.4) is 0 Å². The molecule has 0 aromatic heterocycles. The third-order valence-electron chi connectivity index (χ3n) is 3.49. The molecule has 0 radical (unpaired) electrons. The predicted octanol–water partition coefficient (Wildman–Crippen LogP) is 1.41. The second-order valence-electron chi connectivity index (χ2n) is 5.98. The molecule has 1 N–H and O–H groups in total. The highest BCUT2D eigenvalue weighted by atomic mass is 16.5. The quantitative estimate of drug-likeness (QED) is 0.810. The van der Waals surface area contributed by atoms with E-state index in [1.807, 2.05) is 6.07 Å². The van der Waals surface area contributed by atoms with Crippen LogP contribution in [-0.2, 0) is 14.3 Å². The van der Waals surface area contributed by atoms with Crippen LogP contribution < -0.4 is 9.47 Å². The molecule has 1 fully saturated rings. The number of carbonyl (C=O) groups excluding carboxylic acids is 1. The van der Waals surface area contributed by atoms with Gasteiger partial charge in [0, 0.05) is 12.6 Å². The van der Waals surface area contributed by atoms with Gasteiger partial charge < -0.3 is 24.2 Å². The van der Waals surface area contributed by atoms with Crippen LogP contribution in [-0.4, -0.2) is 60.9 Å². The van der Waals surface area contributed by atoms with Gasteiger partial charge in [-0.1, -0.05) is 19.9 Å². The van der Waals surface area contributed by atoms with Crippen LogP contribution >= 0.6 is 0 Å². The summed E-state index contributed by atoms with van der Waals surface area (Å²) < 4.78 is 16.2. The van der Waals surface area contributed by atoms with Crippen LogP contribution in [0.4, 0.5) is 0 Å². The van der Waals surface area contributed by atoms with E-state index in [0.717, 1.165) is 0 Å². The lowest BCUT2D eigenvalue weighted by atomic mass is 10.2. The molecule has 1 unspecified atom stereocenters. The SMILES string of the molecule is CC(C)COc1cccc(OCC(=O)N2CCOCC2C(=O)O)c1. The van der Waals surface area contributed by atoms with Crippen molar-refractivity contribution in [1.82, 2.24) is 4.90 Å². The third kappa shape index (κ3) is 5.13. The van der Waals surface area contributed by atoms with Crippen molar-refractivity contribution in [3.05, 3.63) is 24.3 Å². The zero-order valence-corrected chi connectivity index (χ0v) is 13.9. The second-order valence-corrected chi connectivity index (χ2v) is 5.98. The molecule has 1 amide bonds. The number of hydrogen-bond donors (Lipinski definition) is 1. The zero-order chi connectivity index (χ0) is 17.5. The fourth-order valence-electron chi connectivity index (χ4n) is 2.25. The molecule has 0 spiro atoms. The van der Waals surface area contributed by atoms with E-state index in [0.29, 0.717) is 30.6 Å². The van der Waals surface area contributed by atoms with Crippen molar-refractivity contribution >= 4 is 11.9 Å². The van der Waals surface area contributed by atoms with E-state index in [9.17, 15) is 9.59 Å². The highest BCUT2D eigenvalue weighted by molar-refractivity contribution is 5.84. The van der Waals surface area contributed by atoms with E-state index in [2.05, 4.69) is 13.8 Å². The van der Waals surface area contributed by atoms with E-state index >= 15 is 0 Å². The van der Waals surface area contributed by atoms with Gasteiger partial charge in [-0.05, 0) is 18.1 Å². The maximum Gasteiger partial charge on any atom is 0.328 e.